The topological polar surface area (TPSA) is 20.3 Å². The van der Waals surface area contributed by atoms with Gasteiger partial charge in [0.25, 0.3) is 0 Å². The number of carbonyl (C=O) groups is 1. The molecule has 1 aromatic carbocycles. The van der Waals surface area contributed by atoms with Gasteiger partial charge < -0.3 is 4.90 Å². The third-order valence-electron chi connectivity index (χ3n) is 4.18. The van der Waals surface area contributed by atoms with Gasteiger partial charge in [0.15, 0.2) is 0 Å². The highest BCUT2D eigenvalue weighted by molar-refractivity contribution is 6.30. The molecule has 0 saturated heterocycles. The molecule has 1 aromatic rings. The van der Waals surface area contributed by atoms with Crippen molar-refractivity contribution in [3.63, 3.8) is 0 Å². The summed E-state index contributed by atoms with van der Waals surface area (Å²) in [6.45, 7) is 6.21. The Balaban J connectivity index is 1.93. The number of hydrogen-bond acceptors (Lipinski definition) is 2. The molecular formula is C17H24ClNO. The van der Waals surface area contributed by atoms with E-state index in [9.17, 15) is 4.79 Å². The van der Waals surface area contributed by atoms with Gasteiger partial charge in [0, 0.05) is 30.5 Å². The summed E-state index contributed by atoms with van der Waals surface area (Å²) in [5, 5.41) is 0.769. The molecule has 0 N–H and O–H groups in total. The molecule has 1 saturated carbocycles. The van der Waals surface area contributed by atoms with Crippen molar-refractivity contribution in [3.8, 4) is 0 Å². The number of hydrogen-bond donors (Lipinski definition) is 0. The van der Waals surface area contributed by atoms with Gasteiger partial charge in [0.05, 0.1) is 0 Å². The van der Waals surface area contributed by atoms with E-state index in [1.54, 1.807) is 0 Å². The summed E-state index contributed by atoms with van der Waals surface area (Å²) in [4.78, 5) is 14.3. The summed E-state index contributed by atoms with van der Waals surface area (Å²) in [7, 11) is 2.08. The molecule has 2 rings (SSSR count). The van der Waals surface area contributed by atoms with Crippen molar-refractivity contribution in [2.24, 2.45) is 11.3 Å². The lowest BCUT2D eigenvalue weighted by atomic mass is 9.71. The van der Waals surface area contributed by atoms with Crippen LogP contribution in [0, 0.1) is 11.3 Å². The van der Waals surface area contributed by atoms with Crippen LogP contribution in [0.2, 0.25) is 5.02 Å². The van der Waals surface area contributed by atoms with Crippen LogP contribution in [0.1, 0.15) is 38.7 Å². The molecule has 3 heteroatoms. The fraction of sp³-hybridized carbons (Fsp3) is 0.588. The van der Waals surface area contributed by atoms with Crippen LogP contribution in [0.5, 0.6) is 0 Å². The molecule has 110 valence electrons. The quantitative estimate of drug-likeness (QED) is 0.830. The Kier molecular flexibility index (Phi) is 4.87. The van der Waals surface area contributed by atoms with Gasteiger partial charge in [-0.2, -0.15) is 0 Å². The average molecular weight is 294 g/mol. The van der Waals surface area contributed by atoms with E-state index in [1.165, 1.54) is 5.56 Å². The SMILES string of the molecule is CN(Cc1cccc(Cl)c1)CC1CC(C)(C)CCC1=O. The van der Waals surface area contributed by atoms with Crippen molar-refractivity contribution in [2.75, 3.05) is 13.6 Å². The zero-order valence-corrected chi connectivity index (χ0v) is 13.4. The summed E-state index contributed by atoms with van der Waals surface area (Å²) in [6, 6.07) is 7.93. The zero-order valence-electron chi connectivity index (χ0n) is 12.7. The van der Waals surface area contributed by atoms with Crippen LogP contribution in [0.3, 0.4) is 0 Å². The Hall–Kier alpha value is -0.860. The Morgan fingerprint density at radius 3 is 2.85 bits per heavy atom. The lowest BCUT2D eigenvalue weighted by Gasteiger charge is -2.36. The van der Waals surface area contributed by atoms with E-state index in [0.29, 0.717) is 11.2 Å². The first-order chi connectivity index (χ1) is 9.35. The minimum absolute atomic E-state index is 0.183. The number of ketones is 1. The average Bonchev–Trinajstić information content (AvgIpc) is 2.33. The second-order valence-corrected chi connectivity index (χ2v) is 7.29. The number of benzene rings is 1. The van der Waals surface area contributed by atoms with Crippen molar-refractivity contribution in [1.29, 1.82) is 0 Å². The van der Waals surface area contributed by atoms with Crippen LogP contribution in [0.4, 0.5) is 0 Å². The molecule has 0 aromatic heterocycles. The molecule has 0 radical (unpaired) electrons. The van der Waals surface area contributed by atoms with Gasteiger partial charge in [-0.1, -0.05) is 37.6 Å². The van der Waals surface area contributed by atoms with Crippen LogP contribution in [-0.4, -0.2) is 24.3 Å². The molecule has 0 spiro atoms. The molecule has 1 aliphatic carbocycles. The van der Waals surface area contributed by atoms with E-state index in [4.69, 9.17) is 11.6 Å². The standard InChI is InChI=1S/C17H24ClNO/c1-17(2)8-7-16(20)14(10-17)12-19(3)11-13-5-4-6-15(18)9-13/h4-6,9,14H,7-8,10-12H2,1-3H3. The van der Waals surface area contributed by atoms with Crippen molar-refractivity contribution in [2.45, 2.75) is 39.7 Å². The molecule has 1 unspecified atom stereocenters. The monoisotopic (exact) mass is 293 g/mol. The predicted octanol–water partition coefficient (Wildman–Crippen LogP) is 4.17. The van der Waals surface area contributed by atoms with E-state index in [1.807, 2.05) is 18.2 Å². The van der Waals surface area contributed by atoms with Gasteiger partial charge in [-0.25, -0.2) is 0 Å². The summed E-state index contributed by atoms with van der Waals surface area (Å²) >= 11 is 6.01. The molecule has 0 bridgehead atoms. The van der Waals surface area contributed by atoms with E-state index in [2.05, 4.69) is 31.9 Å². The van der Waals surface area contributed by atoms with Gasteiger partial charge in [-0.15, -0.1) is 0 Å². The molecule has 2 nitrogen and oxygen atoms in total. The molecule has 1 fully saturated rings. The van der Waals surface area contributed by atoms with E-state index in [0.717, 1.165) is 37.4 Å². The Labute approximate surface area is 127 Å². The number of carbonyl (C=O) groups excluding carboxylic acids is 1. The fourth-order valence-electron chi connectivity index (χ4n) is 3.10. The van der Waals surface area contributed by atoms with Crippen molar-refractivity contribution in [1.82, 2.24) is 4.90 Å². The smallest absolute Gasteiger partial charge is 0.137 e. The molecule has 0 heterocycles. The molecule has 0 amide bonds. The molecule has 1 aliphatic rings. The predicted molar refractivity (Wildman–Crippen MR) is 83.9 cm³/mol. The Bertz CT molecular complexity index is 484. The second-order valence-electron chi connectivity index (χ2n) is 6.86. The van der Waals surface area contributed by atoms with E-state index in [-0.39, 0.29) is 5.92 Å². The first-order valence-corrected chi connectivity index (χ1v) is 7.69. The number of rotatable bonds is 4. The van der Waals surface area contributed by atoms with Crippen LogP contribution in [0.25, 0.3) is 0 Å². The third kappa shape index (κ3) is 4.32. The zero-order chi connectivity index (χ0) is 14.8. The maximum Gasteiger partial charge on any atom is 0.137 e. The van der Waals surface area contributed by atoms with Gasteiger partial charge in [0.1, 0.15) is 5.78 Å². The summed E-state index contributed by atoms with van der Waals surface area (Å²) in [5.74, 6) is 0.616. The highest BCUT2D eigenvalue weighted by atomic mass is 35.5. The summed E-state index contributed by atoms with van der Waals surface area (Å²) < 4.78 is 0. The van der Waals surface area contributed by atoms with Crippen molar-refractivity contribution >= 4 is 17.4 Å². The van der Waals surface area contributed by atoms with Gasteiger partial charge in [0.2, 0.25) is 0 Å². The molecular weight excluding hydrogens is 270 g/mol. The minimum atomic E-state index is 0.183. The van der Waals surface area contributed by atoms with E-state index >= 15 is 0 Å². The van der Waals surface area contributed by atoms with Gasteiger partial charge in [-0.05, 0) is 43.0 Å². The van der Waals surface area contributed by atoms with Crippen LogP contribution < -0.4 is 0 Å². The number of halogens is 1. The Morgan fingerprint density at radius 1 is 1.40 bits per heavy atom. The van der Waals surface area contributed by atoms with Gasteiger partial charge in [-0.3, -0.25) is 4.79 Å². The largest absolute Gasteiger partial charge is 0.301 e. The van der Waals surface area contributed by atoms with E-state index < -0.39 is 0 Å². The molecule has 1 atom stereocenters. The Morgan fingerprint density at radius 2 is 2.15 bits per heavy atom. The van der Waals surface area contributed by atoms with Gasteiger partial charge >= 0.3 is 0 Å². The van der Waals surface area contributed by atoms with Crippen LogP contribution in [0.15, 0.2) is 24.3 Å². The fourth-order valence-corrected chi connectivity index (χ4v) is 3.32. The number of nitrogens with zero attached hydrogens (tertiary/aromatic N) is 1. The highest BCUT2D eigenvalue weighted by Crippen LogP contribution is 2.37. The second kappa shape index (κ2) is 6.28. The minimum Gasteiger partial charge on any atom is -0.301 e. The maximum atomic E-state index is 12.1. The lowest BCUT2D eigenvalue weighted by Crippen LogP contribution is -2.37. The van der Waals surface area contributed by atoms with Crippen LogP contribution >= 0.6 is 11.6 Å². The molecule has 0 aliphatic heterocycles. The normalized spacial score (nSPS) is 22.2. The first kappa shape index (κ1) is 15.5. The lowest BCUT2D eigenvalue weighted by molar-refractivity contribution is -0.127. The number of Topliss-reactive ketones (excluding diaryl/α,β-unsaturated/α-hetero) is 1. The maximum absolute atomic E-state index is 12.1. The molecule has 20 heavy (non-hydrogen) atoms. The highest BCUT2D eigenvalue weighted by Gasteiger charge is 2.33. The van der Waals surface area contributed by atoms with Crippen molar-refractivity contribution in [3.05, 3.63) is 34.9 Å². The first-order valence-electron chi connectivity index (χ1n) is 7.31. The van der Waals surface area contributed by atoms with Crippen LogP contribution in [-0.2, 0) is 11.3 Å². The van der Waals surface area contributed by atoms with Crippen molar-refractivity contribution < 1.29 is 4.79 Å². The summed E-state index contributed by atoms with van der Waals surface area (Å²) in [6.07, 6.45) is 2.77. The summed E-state index contributed by atoms with van der Waals surface area (Å²) in [5.41, 5.74) is 1.50. The third-order valence-corrected chi connectivity index (χ3v) is 4.41.